The molecule has 92 valence electrons. The number of hydrogen-bond donors (Lipinski definition) is 0. The van der Waals surface area contributed by atoms with Gasteiger partial charge in [-0.3, -0.25) is 14.3 Å². The minimum Gasteiger partial charge on any atom is -0.371 e. The molecule has 1 aromatic carbocycles. The van der Waals surface area contributed by atoms with Crippen LogP contribution in [0.5, 0.6) is 0 Å². The fourth-order valence-electron chi connectivity index (χ4n) is 1.21. The van der Waals surface area contributed by atoms with Gasteiger partial charge in [0, 0.05) is 6.07 Å². The molecule has 1 aliphatic heterocycles. The normalized spacial score (nSPS) is 18.9. The second-order valence-electron chi connectivity index (χ2n) is 3.42. The lowest BCUT2D eigenvalue weighted by Gasteiger charge is -2.04. The molecule has 0 radical (unpaired) electrons. The van der Waals surface area contributed by atoms with Crippen molar-refractivity contribution in [2.45, 2.75) is 11.0 Å². The van der Waals surface area contributed by atoms with E-state index in [1.165, 1.54) is 12.1 Å². The molecule has 8 heteroatoms. The second-order valence-corrected chi connectivity index (χ2v) is 5.00. The van der Waals surface area contributed by atoms with Crippen LogP contribution in [0.1, 0.15) is 0 Å². The molecular formula is C9H9NO6S. The number of hydrogen-bond acceptors (Lipinski definition) is 6. The van der Waals surface area contributed by atoms with Gasteiger partial charge in [0.1, 0.15) is 6.10 Å². The van der Waals surface area contributed by atoms with E-state index in [-0.39, 0.29) is 12.7 Å². The number of benzene rings is 1. The molecule has 17 heavy (non-hydrogen) atoms. The molecule has 2 rings (SSSR count). The van der Waals surface area contributed by atoms with E-state index in [0.29, 0.717) is 6.61 Å². The van der Waals surface area contributed by atoms with Crippen LogP contribution in [0, 0.1) is 10.1 Å². The third kappa shape index (κ3) is 2.78. The molecule has 1 fully saturated rings. The Balaban J connectivity index is 2.27. The highest BCUT2D eigenvalue weighted by Gasteiger charge is 2.30. The Hall–Kier alpha value is -1.51. The molecule has 1 atom stereocenters. The topological polar surface area (TPSA) is 99.0 Å². The largest absolute Gasteiger partial charge is 0.371 e. The Kier molecular flexibility index (Phi) is 3.09. The summed E-state index contributed by atoms with van der Waals surface area (Å²) in [5, 5.41) is 10.7. The van der Waals surface area contributed by atoms with Crippen LogP contribution in [0.25, 0.3) is 0 Å². The maximum absolute atomic E-state index is 11.7. The van der Waals surface area contributed by atoms with E-state index < -0.39 is 25.6 Å². The van der Waals surface area contributed by atoms with E-state index in [9.17, 15) is 18.5 Å². The van der Waals surface area contributed by atoms with E-state index in [1.54, 1.807) is 0 Å². The minimum absolute atomic E-state index is 0.117. The van der Waals surface area contributed by atoms with Gasteiger partial charge in [0.2, 0.25) is 0 Å². The van der Waals surface area contributed by atoms with E-state index in [1.807, 2.05) is 0 Å². The number of nitrogens with zero attached hydrogens (tertiary/aromatic N) is 1. The van der Waals surface area contributed by atoms with Crippen molar-refractivity contribution in [1.82, 2.24) is 0 Å². The van der Waals surface area contributed by atoms with Crippen molar-refractivity contribution in [3.05, 3.63) is 34.4 Å². The highest BCUT2D eigenvalue weighted by Crippen LogP contribution is 2.25. The Morgan fingerprint density at radius 2 is 2.12 bits per heavy atom. The fourth-order valence-corrected chi connectivity index (χ4v) is 2.31. The summed E-state index contributed by atoms with van der Waals surface area (Å²) in [4.78, 5) is 9.48. The zero-order valence-electron chi connectivity index (χ0n) is 8.61. The summed E-state index contributed by atoms with van der Waals surface area (Å²) in [5.41, 5.74) is -0.496. The molecule has 1 aliphatic rings. The smallest absolute Gasteiger partial charge is 0.303 e. The highest BCUT2D eigenvalue weighted by molar-refractivity contribution is 7.87. The lowest BCUT2D eigenvalue weighted by molar-refractivity contribution is -0.387. The van der Waals surface area contributed by atoms with Gasteiger partial charge in [-0.15, -0.1) is 0 Å². The van der Waals surface area contributed by atoms with E-state index in [2.05, 4.69) is 4.18 Å². The highest BCUT2D eigenvalue weighted by atomic mass is 32.2. The predicted octanol–water partition coefficient (Wildman–Crippen LogP) is 0.699. The fraction of sp³-hybridized carbons (Fsp3) is 0.333. The Bertz CT molecular complexity index is 536. The lowest BCUT2D eigenvalue weighted by atomic mass is 10.3. The van der Waals surface area contributed by atoms with Crippen LogP contribution >= 0.6 is 0 Å². The van der Waals surface area contributed by atoms with Gasteiger partial charge in [-0.2, -0.15) is 8.42 Å². The zero-order chi connectivity index (χ0) is 12.5. The molecule has 0 saturated carbocycles. The molecule has 0 bridgehead atoms. The number of para-hydroxylation sites is 1. The van der Waals surface area contributed by atoms with Crippen molar-refractivity contribution in [1.29, 1.82) is 0 Å². The summed E-state index contributed by atoms with van der Waals surface area (Å²) >= 11 is 0. The van der Waals surface area contributed by atoms with Crippen molar-refractivity contribution in [2.75, 3.05) is 13.2 Å². The van der Waals surface area contributed by atoms with Gasteiger partial charge < -0.3 is 4.74 Å². The summed E-state index contributed by atoms with van der Waals surface area (Å²) in [7, 11) is -4.11. The standard InChI is InChI=1S/C9H9NO6S/c11-10(12)8-3-1-2-4-9(8)17(13,14)16-6-7-5-15-7/h1-4,7H,5-6H2/t7-/m0/s1. The number of nitro groups is 1. The summed E-state index contributed by atoms with van der Waals surface area (Å²) in [6.45, 7) is 0.334. The van der Waals surface area contributed by atoms with Gasteiger partial charge in [-0.25, -0.2) is 0 Å². The average Bonchev–Trinajstić information content (AvgIpc) is 3.10. The van der Waals surface area contributed by atoms with Gasteiger partial charge in [-0.1, -0.05) is 12.1 Å². The van der Waals surface area contributed by atoms with Crippen LogP contribution in [-0.4, -0.2) is 32.7 Å². The Morgan fingerprint density at radius 1 is 1.47 bits per heavy atom. The van der Waals surface area contributed by atoms with E-state index >= 15 is 0 Å². The monoisotopic (exact) mass is 259 g/mol. The van der Waals surface area contributed by atoms with Crippen molar-refractivity contribution in [2.24, 2.45) is 0 Å². The number of nitro benzene ring substituents is 1. The maximum Gasteiger partial charge on any atom is 0.303 e. The first-order chi connectivity index (χ1) is 8.00. The molecule has 1 saturated heterocycles. The molecular weight excluding hydrogens is 250 g/mol. The van der Waals surface area contributed by atoms with Gasteiger partial charge >= 0.3 is 10.1 Å². The zero-order valence-corrected chi connectivity index (χ0v) is 9.42. The van der Waals surface area contributed by atoms with Crippen LogP contribution in [0.2, 0.25) is 0 Å². The van der Waals surface area contributed by atoms with Gasteiger partial charge in [0.25, 0.3) is 5.69 Å². The van der Waals surface area contributed by atoms with Gasteiger partial charge in [0.05, 0.1) is 18.1 Å². The second kappa shape index (κ2) is 4.40. The van der Waals surface area contributed by atoms with Gasteiger partial charge in [-0.05, 0) is 6.07 Å². The molecule has 0 aliphatic carbocycles. The first-order valence-corrected chi connectivity index (χ1v) is 6.16. The van der Waals surface area contributed by atoms with Crippen molar-refractivity contribution in [3.8, 4) is 0 Å². The maximum atomic E-state index is 11.7. The van der Waals surface area contributed by atoms with Crippen molar-refractivity contribution >= 4 is 15.8 Å². The van der Waals surface area contributed by atoms with Crippen molar-refractivity contribution < 1.29 is 22.3 Å². The summed E-state index contributed by atoms with van der Waals surface area (Å²) < 4.78 is 32.9. The summed E-state index contributed by atoms with van der Waals surface area (Å²) in [6, 6.07) is 5.04. The van der Waals surface area contributed by atoms with Crippen LogP contribution in [0.15, 0.2) is 29.2 Å². The molecule has 7 nitrogen and oxygen atoms in total. The van der Waals surface area contributed by atoms with Crippen LogP contribution in [-0.2, 0) is 19.0 Å². The molecule has 0 aromatic heterocycles. The number of ether oxygens (including phenoxy) is 1. The van der Waals surface area contributed by atoms with E-state index in [0.717, 1.165) is 12.1 Å². The molecule has 0 amide bonds. The minimum atomic E-state index is -4.11. The molecule has 1 heterocycles. The predicted molar refractivity (Wildman–Crippen MR) is 56.0 cm³/mol. The molecule has 1 aromatic rings. The third-order valence-corrected chi connectivity index (χ3v) is 3.47. The van der Waals surface area contributed by atoms with Crippen molar-refractivity contribution in [3.63, 3.8) is 0 Å². The summed E-state index contributed by atoms with van der Waals surface area (Å²) in [5.74, 6) is 0. The first-order valence-electron chi connectivity index (χ1n) is 4.75. The number of rotatable bonds is 5. The Labute approximate surface area is 97.2 Å². The molecule has 0 N–H and O–H groups in total. The van der Waals surface area contributed by atoms with E-state index in [4.69, 9.17) is 4.74 Å². The Morgan fingerprint density at radius 3 is 2.71 bits per heavy atom. The van der Waals surface area contributed by atoms with Crippen LogP contribution < -0.4 is 0 Å². The van der Waals surface area contributed by atoms with Crippen LogP contribution in [0.3, 0.4) is 0 Å². The van der Waals surface area contributed by atoms with Crippen LogP contribution in [0.4, 0.5) is 5.69 Å². The molecule has 0 spiro atoms. The SMILES string of the molecule is O=[N+]([O-])c1ccccc1S(=O)(=O)OC[C@@H]1CO1. The summed E-state index contributed by atoms with van der Waals surface area (Å²) in [6.07, 6.45) is -0.229. The lowest BCUT2D eigenvalue weighted by Crippen LogP contribution is -2.12. The third-order valence-electron chi connectivity index (χ3n) is 2.14. The number of epoxide rings is 1. The molecule has 0 unspecified atom stereocenters. The first kappa shape index (κ1) is 12.0. The van der Waals surface area contributed by atoms with Gasteiger partial charge in [0.15, 0.2) is 4.90 Å². The quantitative estimate of drug-likeness (QED) is 0.334. The average molecular weight is 259 g/mol.